The van der Waals surface area contributed by atoms with E-state index in [1.807, 2.05) is 31.2 Å². The van der Waals surface area contributed by atoms with Gasteiger partial charge in [0.25, 0.3) is 5.91 Å². The number of carbonyl (C=O) groups is 2. The first-order valence-corrected chi connectivity index (χ1v) is 14.7. The summed E-state index contributed by atoms with van der Waals surface area (Å²) < 4.78 is 44.0. The lowest BCUT2D eigenvalue weighted by molar-refractivity contribution is -0.137. The summed E-state index contributed by atoms with van der Waals surface area (Å²) in [6, 6.07) is 16.8. The number of nitrogens with zero attached hydrogens (tertiary/aromatic N) is 5. The van der Waals surface area contributed by atoms with Gasteiger partial charge in [-0.25, -0.2) is 19.7 Å². The summed E-state index contributed by atoms with van der Waals surface area (Å²) >= 11 is 0. The predicted octanol–water partition coefficient (Wildman–Crippen LogP) is 8.36. The average molecular weight is 651 g/mol. The summed E-state index contributed by atoms with van der Waals surface area (Å²) in [6.07, 6.45) is 1.18. The van der Waals surface area contributed by atoms with Crippen LogP contribution in [-0.4, -0.2) is 36.0 Å². The van der Waals surface area contributed by atoms with Crippen LogP contribution in [0, 0.1) is 13.8 Å². The highest BCUT2D eigenvalue weighted by Gasteiger charge is 2.32. The number of rotatable bonds is 7. The van der Waals surface area contributed by atoms with Gasteiger partial charge in [-0.3, -0.25) is 9.36 Å². The molecule has 10 nitrogen and oxygen atoms in total. The monoisotopic (exact) mass is 650 g/mol. The van der Waals surface area contributed by atoms with Crippen molar-refractivity contribution >= 4 is 51.4 Å². The minimum atomic E-state index is -4.68. The maximum atomic E-state index is 13.7. The first kappa shape index (κ1) is 31.7. The number of imidazole rings is 1. The molecule has 3 aromatic carbocycles. The van der Waals surface area contributed by atoms with E-state index < -0.39 is 23.7 Å². The highest BCUT2D eigenvalue weighted by atomic mass is 19.4. The van der Waals surface area contributed by atoms with Gasteiger partial charge in [0.2, 0.25) is 0 Å². The minimum Gasteiger partial charge on any atom is -0.340 e. The summed E-state index contributed by atoms with van der Waals surface area (Å²) in [5.74, 6) is -0.255. The Hall–Kier alpha value is -6.24. The van der Waals surface area contributed by atoms with Crippen molar-refractivity contribution in [3.8, 4) is 5.69 Å². The first-order valence-electron chi connectivity index (χ1n) is 14.7. The van der Waals surface area contributed by atoms with Gasteiger partial charge in [0.1, 0.15) is 12.1 Å². The Balaban J connectivity index is 1.23. The molecule has 0 saturated carbocycles. The van der Waals surface area contributed by atoms with E-state index in [1.165, 1.54) is 33.9 Å². The Labute approximate surface area is 273 Å². The van der Waals surface area contributed by atoms with Gasteiger partial charge < -0.3 is 20.5 Å². The lowest BCUT2D eigenvalue weighted by Gasteiger charge is -2.14. The Morgan fingerprint density at radius 1 is 0.875 bits per heavy atom. The lowest BCUT2D eigenvalue weighted by Crippen LogP contribution is -2.20. The summed E-state index contributed by atoms with van der Waals surface area (Å²) in [6.45, 7) is 9.38. The van der Waals surface area contributed by atoms with Gasteiger partial charge in [-0.1, -0.05) is 30.4 Å². The van der Waals surface area contributed by atoms with E-state index >= 15 is 0 Å². The third kappa shape index (κ3) is 6.65. The molecule has 0 unspecified atom stereocenters. The third-order valence-corrected chi connectivity index (χ3v) is 7.57. The van der Waals surface area contributed by atoms with Gasteiger partial charge >= 0.3 is 12.2 Å². The fourth-order valence-corrected chi connectivity index (χ4v) is 5.04. The number of benzene rings is 3. The van der Waals surface area contributed by atoms with Crippen LogP contribution in [-0.2, 0) is 6.18 Å². The van der Waals surface area contributed by atoms with Crippen LogP contribution in [0.3, 0.4) is 0 Å². The molecular formula is C35H29F3N8O2. The normalized spacial score (nSPS) is 11.4. The molecule has 3 heterocycles. The van der Waals surface area contributed by atoms with Crippen molar-refractivity contribution in [3.05, 3.63) is 126 Å². The number of amides is 2. The summed E-state index contributed by atoms with van der Waals surface area (Å²) in [5.41, 5.74) is 3.92. The highest BCUT2D eigenvalue weighted by Crippen LogP contribution is 2.32. The van der Waals surface area contributed by atoms with E-state index in [1.54, 1.807) is 44.4 Å². The number of fused-ring (bicyclic) bond motifs is 1. The van der Waals surface area contributed by atoms with Crippen molar-refractivity contribution in [3.63, 3.8) is 0 Å². The van der Waals surface area contributed by atoms with Crippen LogP contribution in [0.5, 0.6) is 0 Å². The Morgan fingerprint density at radius 3 is 2.42 bits per heavy atom. The number of carbonyl (C=O) groups excluding carboxylic acids is 2. The molecule has 0 atom stereocenters. The fourth-order valence-electron chi connectivity index (χ4n) is 5.04. The van der Waals surface area contributed by atoms with Crippen molar-refractivity contribution in [1.82, 2.24) is 24.1 Å². The van der Waals surface area contributed by atoms with E-state index in [2.05, 4.69) is 37.5 Å². The third-order valence-electron chi connectivity index (χ3n) is 7.57. The van der Waals surface area contributed by atoms with E-state index in [0.717, 1.165) is 29.0 Å². The average Bonchev–Trinajstić information content (AvgIpc) is 3.69. The number of allylic oxidation sites excluding steroid dienone is 1. The molecule has 0 aliphatic carbocycles. The van der Waals surface area contributed by atoms with Crippen LogP contribution in [0.4, 0.5) is 40.8 Å². The molecule has 0 radical (unpaired) electrons. The molecule has 6 aromatic rings. The van der Waals surface area contributed by atoms with Gasteiger partial charge in [0, 0.05) is 40.7 Å². The number of hydrogen-bond donors (Lipinski definition) is 3. The first-order chi connectivity index (χ1) is 22.9. The molecule has 0 saturated heterocycles. The predicted molar refractivity (Wildman–Crippen MR) is 179 cm³/mol. The van der Waals surface area contributed by atoms with Gasteiger partial charge in [-0.15, -0.1) is 0 Å². The van der Waals surface area contributed by atoms with Crippen molar-refractivity contribution in [2.24, 2.45) is 0 Å². The number of nitrogens with one attached hydrogen (secondary N) is 3. The Morgan fingerprint density at radius 2 is 1.69 bits per heavy atom. The second-order valence-corrected chi connectivity index (χ2v) is 11.2. The van der Waals surface area contributed by atoms with E-state index in [9.17, 15) is 22.8 Å². The lowest BCUT2D eigenvalue weighted by atomic mass is 10.1. The standard InChI is InChI=1S/C35H29F3N8O2/c1-20(2)23-6-5-7-26(13-23)42-31-29-10-11-46(32(29)40-18-39-31)34(48)44-30-16-27(9-8-21(30)3)43-33(47)24-12-25(35(36,37)38)15-28(14-24)45-17-22(4)41-19-45/h5-19H,1H2,2-4H3,(H,43,47)(H,44,48)(H,39,40,42). The van der Waals surface area contributed by atoms with Crippen LogP contribution in [0.1, 0.15) is 39.7 Å². The largest absolute Gasteiger partial charge is 0.416 e. The summed E-state index contributed by atoms with van der Waals surface area (Å²) in [7, 11) is 0. The summed E-state index contributed by atoms with van der Waals surface area (Å²) in [5, 5.41) is 9.36. The minimum absolute atomic E-state index is 0.133. The molecule has 6 rings (SSSR count). The Bertz CT molecular complexity index is 2220. The molecule has 13 heteroatoms. The van der Waals surface area contributed by atoms with Crippen LogP contribution in [0.2, 0.25) is 0 Å². The van der Waals surface area contributed by atoms with Gasteiger partial charge in [-0.2, -0.15) is 13.2 Å². The molecule has 0 fully saturated rings. The number of halogens is 3. The SMILES string of the molecule is C=C(C)c1cccc(Nc2ncnc3c2ccn3C(=O)Nc2cc(NC(=O)c3cc(-n4cnc(C)c4)cc(C(F)(F)F)c3)ccc2C)c1. The highest BCUT2D eigenvalue weighted by molar-refractivity contribution is 6.06. The van der Waals surface area contributed by atoms with Crippen LogP contribution in [0.25, 0.3) is 22.3 Å². The molecule has 0 spiro atoms. The number of anilines is 4. The smallest absolute Gasteiger partial charge is 0.340 e. The molecule has 3 aromatic heterocycles. The van der Waals surface area contributed by atoms with Gasteiger partial charge in [0.15, 0.2) is 5.65 Å². The maximum Gasteiger partial charge on any atom is 0.416 e. The second kappa shape index (κ2) is 12.5. The maximum absolute atomic E-state index is 13.7. The number of alkyl halides is 3. The van der Waals surface area contributed by atoms with Crippen molar-refractivity contribution in [2.75, 3.05) is 16.0 Å². The zero-order chi connectivity index (χ0) is 34.2. The molecule has 0 bridgehead atoms. The zero-order valence-electron chi connectivity index (χ0n) is 26.1. The molecular weight excluding hydrogens is 621 g/mol. The van der Waals surface area contributed by atoms with Crippen molar-refractivity contribution < 1.29 is 22.8 Å². The Kier molecular flexibility index (Phi) is 8.27. The zero-order valence-corrected chi connectivity index (χ0v) is 26.1. The van der Waals surface area contributed by atoms with E-state index in [0.29, 0.717) is 33.8 Å². The number of aromatic nitrogens is 5. The topological polar surface area (TPSA) is 119 Å². The van der Waals surface area contributed by atoms with Gasteiger partial charge in [0.05, 0.1) is 23.0 Å². The van der Waals surface area contributed by atoms with Crippen molar-refractivity contribution in [1.29, 1.82) is 0 Å². The number of hydrogen-bond acceptors (Lipinski definition) is 6. The van der Waals surface area contributed by atoms with Crippen LogP contribution in [0.15, 0.2) is 98.4 Å². The van der Waals surface area contributed by atoms with Crippen molar-refractivity contribution in [2.45, 2.75) is 26.9 Å². The van der Waals surface area contributed by atoms with Crippen LogP contribution >= 0.6 is 0 Å². The number of aryl methyl sites for hydroxylation is 2. The molecule has 48 heavy (non-hydrogen) atoms. The molecule has 0 aliphatic rings. The van der Waals surface area contributed by atoms with E-state index in [-0.39, 0.29) is 16.9 Å². The van der Waals surface area contributed by atoms with Crippen LogP contribution < -0.4 is 16.0 Å². The molecule has 242 valence electrons. The molecule has 0 aliphatic heterocycles. The molecule has 3 N–H and O–H groups in total. The fraction of sp³-hybridized carbons (Fsp3) is 0.114. The molecule has 2 amide bonds. The van der Waals surface area contributed by atoms with Gasteiger partial charge in [-0.05, 0) is 80.4 Å². The quantitative estimate of drug-likeness (QED) is 0.160. The summed E-state index contributed by atoms with van der Waals surface area (Å²) in [4.78, 5) is 39.4. The second-order valence-electron chi connectivity index (χ2n) is 11.2. The van der Waals surface area contributed by atoms with E-state index in [4.69, 9.17) is 0 Å².